The Morgan fingerprint density at radius 2 is 2.08 bits per heavy atom. The van der Waals surface area contributed by atoms with Crippen LogP contribution in [0.3, 0.4) is 0 Å². The van der Waals surface area contributed by atoms with Crippen LogP contribution in [0.4, 0.5) is 4.79 Å². The van der Waals surface area contributed by atoms with E-state index in [9.17, 15) is 9.90 Å². The molecule has 0 aromatic rings. The zero-order valence-corrected chi connectivity index (χ0v) is 16.7. The van der Waals surface area contributed by atoms with Crippen molar-refractivity contribution in [1.29, 1.82) is 0 Å². The quantitative estimate of drug-likeness (QED) is 0.620. The van der Waals surface area contributed by atoms with Crippen molar-refractivity contribution in [2.75, 3.05) is 46.5 Å². The number of rotatable bonds is 9. The normalized spacial score (nSPS) is 22.7. The summed E-state index contributed by atoms with van der Waals surface area (Å²) >= 11 is 0. The molecular weight excluding hydrogens is 320 g/mol. The number of aliphatic hydroxyl groups is 1. The molecule has 0 aromatic carbocycles. The van der Waals surface area contributed by atoms with E-state index in [0.29, 0.717) is 24.9 Å². The topological polar surface area (TPSA) is 71.0 Å². The van der Waals surface area contributed by atoms with Crippen molar-refractivity contribution in [3.05, 3.63) is 0 Å². The van der Waals surface area contributed by atoms with Gasteiger partial charge in [0.05, 0.1) is 0 Å². The SMILES string of the molecule is COCCCNCCC(CO)C1CCN(C(=O)OC(C)(C)C)CC1C. The largest absolute Gasteiger partial charge is 0.444 e. The van der Waals surface area contributed by atoms with Crippen LogP contribution in [0.2, 0.25) is 0 Å². The van der Waals surface area contributed by atoms with Crippen LogP contribution in [0, 0.1) is 17.8 Å². The molecule has 0 spiro atoms. The van der Waals surface area contributed by atoms with E-state index in [2.05, 4.69) is 12.2 Å². The summed E-state index contributed by atoms with van der Waals surface area (Å²) < 4.78 is 10.5. The number of carbonyl (C=O) groups is 1. The van der Waals surface area contributed by atoms with Gasteiger partial charge in [0.1, 0.15) is 5.60 Å². The minimum atomic E-state index is -0.459. The maximum absolute atomic E-state index is 12.2. The predicted octanol–water partition coefficient (Wildman–Crippen LogP) is 2.50. The molecule has 1 aliphatic rings. The molecule has 6 heteroatoms. The third kappa shape index (κ3) is 8.38. The van der Waals surface area contributed by atoms with Gasteiger partial charge in [-0.1, -0.05) is 6.92 Å². The van der Waals surface area contributed by atoms with E-state index < -0.39 is 5.60 Å². The monoisotopic (exact) mass is 358 g/mol. The average molecular weight is 359 g/mol. The molecule has 2 N–H and O–H groups in total. The van der Waals surface area contributed by atoms with E-state index in [1.54, 1.807) is 7.11 Å². The van der Waals surface area contributed by atoms with E-state index >= 15 is 0 Å². The Morgan fingerprint density at radius 3 is 2.64 bits per heavy atom. The molecule has 0 aliphatic carbocycles. The minimum Gasteiger partial charge on any atom is -0.444 e. The van der Waals surface area contributed by atoms with Gasteiger partial charge in [-0.3, -0.25) is 0 Å². The van der Waals surface area contributed by atoms with E-state index in [-0.39, 0.29) is 18.6 Å². The molecule has 1 rings (SSSR count). The number of nitrogens with zero attached hydrogens (tertiary/aromatic N) is 1. The summed E-state index contributed by atoms with van der Waals surface area (Å²) in [7, 11) is 1.72. The van der Waals surface area contributed by atoms with E-state index in [1.165, 1.54) is 0 Å². The van der Waals surface area contributed by atoms with Gasteiger partial charge in [0.2, 0.25) is 0 Å². The lowest BCUT2D eigenvalue weighted by atomic mass is 9.76. The Labute approximate surface area is 153 Å². The number of likely N-dealkylation sites (tertiary alicyclic amines) is 1. The van der Waals surface area contributed by atoms with E-state index in [1.807, 2.05) is 25.7 Å². The van der Waals surface area contributed by atoms with Crippen LogP contribution in [-0.2, 0) is 9.47 Å². The zero-order chi connectivity index (χ0) is 18.9. The van der Waals surface area contributed by atoms with Gasteiger partial charge in [-0.05, 0) is 70.9 Å². The van der Waals surface area contributed by atoms with Crippen LogP contribution in [0.15, 0.2) is 0 Å². The fourth-order valence-electron chi connectivity index (χ4n) is 3.55. The molecule has 1 amide bonds. The number of carbonyl (C=O) groups excluding carboxylic acids is 1. The third-order valence-corrected chi connectivity index (χ3v) is 4.86. The van der Waals surface area contributed by atoms with Gasteiger partial charge >= 0.3 is 6.09 Å². The van der Waals surface area contributed by atoms with Gasteiger partial charge < -0.3 is 24.8 Å². The van der Waals surface area contributed by atoms with Crippen molar-refractivity contribution in [3.63, 3.8) is 0 Å². The number of piperidine rings is 1. The minimum absolute atomic E-state index is 0.210. The molecule has 1 saturated heterocycles. The van der Waals surface area contributed by atoms with Crippen molar-refractivity contribution < 1.29 is 19.4 Å². The Bertz CT molecular complexity index is 384. The van der Waals surface area contributed by atoms with Gasteiger partial charge in [0, 0.05) is 33.4 Å². The van der Waals surface area contributed by atoms with E-state index in [4.69, 9.17) is 9.47 Å². The second-order valence-electron chi connectivity index (χ2n) is 8.18. The number of nitrogens with one attached hydrogen (secondary N) is 1. The Morgan fingerprint density at radius 1 is 1.36 bits per heavy atom. The van der Waals surface area contributed by atoms with Crippen LogP contribution < -0.4 is 5.32 Å². The number of hydrogen-bond acceptors (Lipinski definition) is 5. The maximum Gasteiger partial charge on any atom is 0.410 e. The molecule has 148 valence electrons. The van der Waals surface area contributed by atoms with Crippen LogP contribution >= 0.6 is 0 Å². The summed E-state index contributed by atoms with van der Waals surface area (Å²) in [6.45, 7) is 12.1. The second-order valence-corrected chi connectivity index (χ2v) is 8.18. The number of hydrogen-bond donors (Lipinski definition) is 2. The Kier molecular flexibility index (Phi) is 9.75. The van der Waals surface area contributed by atoms with Gasteiger partial charge in [-0.15, -0.1) is 0 Å². The fourth-order valence-corrected chi connectivity index (χ4v) is 3.55. The number of ether oxygens (including phenoxy) is 2. The predicted molar refractivity (Wildman–Crippen MR) is 99.6 cm³/mol. The van der Waals surface area contributed by atoms with Crippen molar-refractivity contribution in [2.45, 2.75) is 52.6 Å². The first-order valence-corrected chi connectivity index (χ1v) is 9.57. The van der Waals surface area contributed by atoms with E-state index in [0.717, 1.165) is 39.0 Å². The fraction of sp³-hybridized carbons (Fsp3) is 0.947. The molecule has 1 heterocycles. The lowest BCUT2D eigenvalue weighted by Crippen LogP contribution is -2.47. The van der Waals surface area contributed by atoms with Crippen LogP contribution in [0.25, 0.3) is 0 Å². The van der Waals surface area contributed by atoms with Gasteiger partial charge in [-0.2, -0.15) is 0 Å². The summed E-state index contributed by atoms with van der Waals surface area (Å²) in [5.74, 6) is 1.10. The molecule has 3 unspecified atom stereocenters. The highest BCUT2D eigenvalue weighted by Crippen LogP contribution is 2.32. The number of aliphatic hydroxyl groups excluding tert-OH is 1. The first-order chi connectivity index (χ1) is 11.8. The van der Waals surface area contributed by atoms with Crippen LogP contribution in [0.1, 0.15) is 47.0 Å². The van der Waals surface area contributed by atoms with Gasteiger partial charge in [0.25, 0.3) is 0 Å². The van der Waals surface area contributed by atoms with Gasteiger partial charge in [0.15, 0.2) is 0 Å². The summed E-state index contributed by atoms with van der Waals surface area (Å²) in [5, 5.41) is 13.2. The molecule has 25 heavy (non-hydrogen) atoms. The summed E-state index contributed by atoms with van der Waals surface area (Å²) in [4.78, 5) is 14.0. The lowest BCUT2D eigenvalue weighted by molar-refractivity contribution is 0.00271. The van der Waals surface area contributed by atoms with Crippen molar-refractivity contribution in [2.24, 2.45) is 17.8 Å². The van der Waals surface area contributed by atoms with Crippen molar-refractivity contribution >= 4 is 6.09 Å². The number of amides is 1. The molecule has 0 radical (unpaired) electrons. The summed E-state index contributed by atoms with van der Waals surface area (Å²) in [5.41, 5.74) is -0.459. The number of methoxy groups -OCH3 is 1. The molecule has 0 aromatic heterocycles. The first-order valence-electron chi connectivity index (χ1n) is 9.57. The molecule has 1 aliphatic heterocycles. The molecule has 3 atom stereocenters. The van der Waals surface area contributed by atoms with Crippen LogP contribution in [-0.4, -0.2) is 68.2 Å². The second kappa shape index (κ2) is 11.0. The molecule has 1 fully saturated rings. The zero-order valence-electron chi connectivity index (χ0n) is 16.7. The Balaban J connectivity index is 2.39. The maximum atomic E-state index is 12.2. The lowest BCUT2D eigenvalue weighted by Gasteiger charge is -2.40. The highest BCUT2D eigenvalue weighted by atomic mass is 16.6. The summed E-state index contributed by atoms with van der Waals surface area (Å²) in [6, 6.07) is 0. The standard InChI is InChI=1S/C19H38N2O4/c1-15-13-21(18(23)25-19(2,3)4)11-8-17(15)16(14-22)7-10-20-9-6-12-24-5/h15-17,20,22H,6-14H2,1-5H3. The molecule has 0 saturated carbocycles. The summed E-state index contributed by atoms with van der Waals surface area (Å²) in [6.07, 6.45) is 2.67. The van der Waals surface area contributed by atoms with Crippen molar-refractivity contribution in [3.8, 4) is 0 Å². The van der Waals surface area contributed by atoms with Gasteiger partial charge in [-0.25, -0.2) is 4.79 Å². The first kappa shape index (κ1) is 22.2. The highest BCUT2D eigenvalue weighted by molar-refractivity contribution is 5.68. The highest BCUT2D eigenvalue weighted by Gasteiger charge is 2.34. The third-order valence-electron chi connectivity index (χ3n) is 4.86. The smallest absolute Gasteiger partial charge is 0.410 e. The molecule has 0 bridgehead atoms. The average Bonchev–Trinajstić information content (AvgIpc) is 2.53. The van der Waals surface area contributed by atoms with Crippen molar-refractivity contribution in [1.82, 2.24) is 10.2 Å². The molecular formula is C19H38N2O4. The molecule has 6 nitrogen and oxygen atoms in total. The Hall–Kier alpha value is -0.850. The van der Waals surface area contributed by atoms with Crippen LogP contribution in [0.5, 0.6) is 0 Å².